The molecule has 5 rings (SSSR count). The van der Waals surface area contributed by atoms with E-state index in [4.69, 9.17) is 0 Å². The third-order valence-electron chi connectivity index (χ3n) is 6.41. The summed E-state index contributed by atoms with van der Waals surface area (Å²) in [6, 6.07) is 11.9. The van der Waals surface area contributed by atoms with E-state index in [-0.39, 0.29) is 12.2 Å². The highest BCUT2D eigenvalue weighted by Crippen LogP contribution is 2.46. The van der Waals surface area contributed by atoms with Crippen molar-refractivity contribution in [2.24, 2.45) is 5.41 Å². The molecule has 1 N–H and O–H groups in total. The maximum Gasteiger partial charge on any atom is 0.335 e. The van der Waals surface area contributed by atoms with E-state index in [1.165, 1.54) is 6.07 Å². The summed E-state index contributed by atoms with van der Waals surface area (Å²) in [6.45, 7) is 1.57. The van der Waals surface area contributed by atoms with Crippen LogP contribution >= 0.6 is 0 Å². The second-order valence-corrected chi connectivity index (χ2v) is 8.10. The van der Waals surface area contributed by atoms with Crippen LogP contribution in [0.25, 0.3) is 0 Å². The Morgan fingerprint density at radius 2 is 1.80 bits per heavy atom. The number of nitrogens with zero attached hydrogens (tertiary/aromatic N) is 3. The van der Waals surface area contributed by atoms with Crippen molar-refractivity contribution < 1.29 is 18.8 Å². The summed E-state index contributed by atoms with van der Waals surface area (Å²) >= 11 is 0. The molecule has 0 radical (unpaired) electrons. The van der Waals surface area contributed by atoms with Gasteiger partial charge in [0, 0.05) is 19.6 Å². The van der Waals surface area contributed by atoms with E-state index < -0.39 is 29.3 Å². The Morgan fingerprint density at radius 1 is 1.03 bits per heavy atom. The van der Waals surface area contributed by atoms with Gasteiger partial charge in [0.2, 0.25) is 5.91 Å². The van der Waals surface area contributed by atoms with Crippen LogP contribution in [0.3, 0.4) is 0 Å². The van der Waals surface area contributed by atoms with Gasteiger partial charge in [-0.25, -0.2) is 14.1 Å². The van der Waals surface area contributed by atoms with Gasteiger partial charge in [-0.3, -0.25) is 14.9 Å². The molecule has 2 aromatic carbocycles. The summed E-state index contributed by atoms with van der Waals surface area (Å²) in [5.74, 6) is -1.55. The lowest BCUT2D eigenvalue weighted by Crippen LogP contribution is -2.75. The Labute approximate surface area is 173 Å². The Morgan fingerprint density at radius 3 is 2.57 bits per heavy atom. The van der Waals surface area contributed by atoms with Gasteiger partial charge in [-0.2, -0.15) is 0 Å². The van der Waals surface area contributed by atoms with Crippen molar-refractivity contribution in [1.29, 1.82) is 0 Å². The number of anilines is 2. The van der Waals surface area contributed by atoms with Gasteiger partial charge in [0.25, 0.3) is 5.91 Å². The third kappa shape index (κ3) is 2.50. The highest BCUT2D eigenvalue weighted by molar-refractivity contribution is 6.30. The van der Waals surface area contributed by atoms with E-state index in [0.717, 1.165) is 4.90 Å². The molecule has 154 valence electrons. The van der Waals surface area contributed by atoms with Crippen molar-refractivity contribution in [3.05, 3.63) is 59.9 Å². The topological polar surface area (TPSA) is 73.0 Å². The van der Waals surface area contributed by atoms with Crippen LogP contribution in [0.2, 0.25) is 0 Å². The third-order valence-corrected chi connectivity index (χ3v) is 6.41. The first-order valence-electron chi connectivity index (χ1n) is 9.91. The Bertz CT molecular complexity index is 1060. The van der Waals surface area contributed by atoms with Crippen molar-refractivity contribution in [3.63, 3.8) is 0 Å². The quantitative estimate of drug-likeness (QED) is 0.729. The summed E-state index contributed by atoms with van der Waals surface area (Å²) in [6.07, 6.45) is 0.0381. The van der Waals surface area contributed by atoms with Crippen molar-refractivity contribution in [2.45, 2.75) is 12.5 Å². The van der Waals surface area contributed by atoms with Gasteiger partial charge in [-0.15, -0.1) is 0 Å². The predicted octanol–water partition coefficient (Wildman–Crippen LogP) is 1.77. The average molecular weight is 408 g/mol. The molecule has 2 fully saturated rings. The fourth-order valence-electron chi connectivity index (χ4n) is 4.97. The van der Waals surface area contributed by atoms with Gasteiger partial charge < -0.3 is 9.80 Å². The number of hydrogen-bond donors (Lipinski definition) is 1. The standard InChI is InChI=1S/C22H21FN4O3/c1-25-10-11-26-17(13-25)22(12-14-6-5-9-16(23)18(14)26)19(28)24-21(30)27(20(22)29)15-7-3-2-4-8-15/h2-9,17H,10-13H2,1H3,(H,24,28,30)/t17-,22-/m1/s1. The summed E-state index contributed by atoms with van der Waals surface area (Å²) in [5, 5.41) is 2.40. The maximum absolute atomic E-state index is 14.8. The minimum atomic E-state index is -1.53. The van der Waals surface area contributed by atoms with Crippen LogP contribution < -0.4 is 15.1 Å². The molecule has 7 nitrogen and oxygen atoms in total. The number of nitrogens with one attached hydrogen (secondary N) is 1. The van der Waals surface area contributed by atoms with Crippen LogP contribution in [0.4, 0.5) is 20.6 Å². The molecule has 0 aromatic heterocycles. The summed E-state index contributed by atoms with van der Waals surface area (Å²) < 4.78 is 14.8. The predicted molar refractivity (Wildman–Crippen MR) is 109 cm³/mol. The molecule has 2 saturated heterocycles. The molecule has 8 heteroatoms. The molecule has 3 heterocycles. The second-order valence-electron chi connectivity index (χ2n) is 8.10. The molecule has 0 aliphatic carbocycles. The fourth-order valence-corrected chi connectivity index (χ4v) is 4.97. The summed E-state index contributed by atoms with van der Waals surface area (Å²) in [4.78, 5) is 44.8. The van der Waals surface area contributed by atoms with E-state index in [1.807, 2.05) is 16.8 Å². The molecule has 0 bridgehead atoms. The lowest BCUT2D eigenvalue weighted by atomic mass is 9.67. The number of barbiturate groups is 1. The number of carbonyl (C=O) groups is 3. The molecule has 4 amide bonds. The highest BCUT2D eigenvalue weighted by Gasteiger charge is 2.63. The van der Waals surface area contributed by atoms with Crippen LogP contribution in [0.5, 0.6) is 0 Å². The number of hydrogen-bond acceptors (Lipinski definition) is 5. The van der Waals surface area contributed by atoms with Crippen molar-refractivity contribution in [2.75, 3.05) is 36.5 Å². The second kappa shape index (κ2) is 6.63. The molecular formula is C22H21FN4O3. The van der Waals surface area contributed by atoms with E-state index in [9.17, 15) is 18.8 Å². The Hall–Kier alpha value is -3.26. The zero-order valence-electron chi connectivity index (χ0n) is 16.5. The van der Waals surface area contributed by atoms with Crippen LogP contribution in [0.15, 0.2) is 48.5 Å². The molecule has 3 aliphatic heterocycles. The van der Waals surface area contributed by atoms with Crippen molar-refractivity contribution in [1.82, 2.24) is 10.2 Å². The lowest BCUT2D eigenvalue weighted by molar-refractivity contribution is -0.145. The average Bonchev–Trinajstić information content (AvgIpc) is 2.73. The molecule has 30 heavy (non-hydrogen) atoms. The maximum atomic E-state index is 14.8. The minimum absolute atomic E-state index is 0.0381. The number of amides is 4. The SMILES string of the molecule is CN1CCN2c3c(F)cccc3C[C@]3(C(=O)NC(=O)N(c4ccccc4)C3=O)[C@H]2C1. The first-order chi connectivity index (χ1) is 14.4. The zero-order valence-corrected chi connectivity index (χ0v) is 16.5. The van der Waals surface area contributed by atoms with Crippen molar-refractivity contribution >= 4 is 29.2 Å². The molecule has 1 spiro atoms. The monoisotopic (exact) mass is 408 g/mol. The van der Waals surface area contributed by atoms with Gasteiger partial charge in [-0.05, 0) is 37.2 Å². The number of likely N-dealkylation sites (N-methyl/N-ethyl adjacent to an activating group) is 1. The molecule has 0 unspecified atom stereocenters. The van der Waals surface area contributed by atoms with Crippen LogP contribution in [-0.4, -0.2) is 55.5 Å². The van der Waals surface area contributed by atoms with Crippen LogP contribution in [0.1, 0.15) is 5.56 Å². The largest absolute Gasteiger partial charge is 0.362 e. The molecular weight excluding hydrogens is 387 g/mol. The Balaban J connectivity index is 1.69. The number of para-hydroxylation sites is 2. The van der Waals surface area contributed by atoms with Gasteiger partial charge in [0.1, 0.15) is 5.82 Å². The summed E-state index contributed by atoms with van der Waals surface area (Å²) in [5.41, 5.74) is -0.0848. The molecule has 3 aliphatic rings. The molecule has 2 atom stereocenters. The number of rotatable bonds is 1. The lowest BCUT2D eigenvalue weighted by Gasteiger charge is -2.54. The van der Waals surface area contributed by atoms with Gasteiger partial charge in [-0.1, -0.05) is 30.3 Å². The number of urea groups is 1. The van der Waals surface area contributed by atoms with E-state index >= 15 is 0 Å². The first-order valence-corrected chi connectivity index (χ1v) is 9.91. The number of piperazine rings is 1. The number of imide groups is 2. The smallest absolute Gasteiger partial charge is 0.335 e. The molecule has 2 aromatic rings. The number of carbonyl (C=O) groups excluding carboxylic acids is 3. The summed E-state index contributed by atoms with van der Waals surface area (Å²) in [7, 11) is 1.91. The van der Waals surface area contributed by atoms with Crippen molar-refractivity contribution in [3.8, 4) is 0 Å². The minimum Gasteiger partial charge on any atom is -0.362 e. The number of fused-ring (bicyclic) bond motifs is 4. The first kappa shape index (κ1) is 18.7. The van der Waals surface area contributed by atoms with E-state index in [0.29, 0.717) is 36.6 Å². The zero-order chi connectivity index (χ0) is 21.0. The Kier molecular flexibility index (Phi) is 4.14. The number of halogens is 1. The fraction of sp³-hybridized carbons (Fsp3) is 0.318. The number of benzene rings is 2. The van der Waals surface area contributed by atoms with Crippen LogP contribution in [0, 0.1) is 11.2 Å². The normalized spacial score (nSPS) is 26.5. The highest BCUT2D eigenvalue weighted by atomic mass is 19.1. The van der Waals surface area contributed by atoms with Gasteiger partial charge in [0.05, 0.1) is 17.4 Å². The van der Waals surface area contributed by atoms with E-state index in [2.05, 4.69) is 5.32 Å². The van der Waals surface area contributed by atoms with E-state index in [1.54, 1.807) is 42.5 Å². The van der Waals surface area contributed by atoms with Gasteiger partial charge in [0.15, 0.2) is 5.41 Å². The van der Waals surface area contributed by atoms with Crippen LogP contribution in [-0.2, 0) is 16.0 Å². The molecule has 0 saturated carbocycles. The van der Waals surface area contributed by atoms with Gasteiger partial charge >= 0.3 is 6.03 Å².